The van der Waals surface area contributed by atoms with Crippen LogP contribution in [0, 0.1) is 21.7 Å². The molecule has 0 fully saturated rings. The molecule has 0 saturated heterocycles. The molecule has 0 aliphatic heterocycles. The lowest BCUT2D eigenvalue weighted by molar-refractivity contribution is -0.385. The summed E-state index contributed by atoms with van der Waals surface area (Å²) in [6.45, 7) is -0.562. The number of nitro groups is 1. The zero-order chi connectivity index (χ0) is 16.3. The molecule has 0 N–H and O–H groups in total. The van der Waals surface area contributed by atoms with Gasteiger partial charge in [-0.1, -0.05) is 11.6 Å². The molecular formula is C14H8ClF2NO4. The van der Waals surface area contributed by atoms with Gasteiger partial charge in [0.25, 0.3) is 0 Å². The normalized spacial score (nSPS) is 10.3. The van der Waals surface area contributed by atoms with Crippen LogP contribution in [0.3, 0.4) is 0 Å². The molecule has 0 heterocycles. The van der Waals surface area contributed by atoms with Crippen LogP contribution in [0.1, 0.15) is 10.4 Å². The Balaban J connectivity index is 2.14. The highest BCUT2D eigenvalue weighted by molar-refractivity contribution is 6.30. The number of halogens is 3. The first-order chi connectivity index (χ1) is 10.4. The number of rotatable bonds is 5. The van der Waals surface area contributed by atoms with Crippen LogP contribution in [-0.2, 0) is 0 Å². The lowest BCUT2D eigenvalue weighted by Gasteiger charge is -2.06. The van der Waals surface area contributed by atoms with Gasteiger partial charge in [-0.15, -0.1) is 0 Å². The van der Waals surface area contributed by atoms with Gasteiger partial charge in [0.05, 0.1) is 4.92 Å². The van der Waals surface area contributed by atoms with E-state index in [1.807, 2.05) is 0 Å². The van der Waals surface area contributed by atoms with E-state index < -0.39 is 34.6 Å². The van der Waals surface area contributed by atoms with Crippen molar-refractivity contribution in [1.29, 1.82) is 0 Å². The summed E-state index contributed by atoms with van der Waals surface area (Å²) in [4.78, 5) is 22.0. The van der Waals surface area contributed by atoms with E-state index in [1.54, 1.807) is 0 Å². The standard InChI is InChI=1S/C14H8ClF2NO4/c15-9-2-4-14(12(6-9)18(20)21)22-7-13(19)8-1-3-10(16)11(17)5-8/h1-6H,7H2. The number of nitro benzene ring substituents is 1. The van der Waals surface area contributed by atoms with Crippen LogP contribution in [0.15, 0.2) is 36.4 Å². The van der Waals surface area contributed by atoms with Crippen molar-refractivity contribution in [3.63, 3.8) is 0 Å². The Morgan fingerprint density at radius 1 is 1.18 bits per heavy atom. The second-order valence-corrected chi connectivity index (χ2v) is 4.65. The quantitative estimate of drug-likeness (QED) is 0.476. The van der Waals surface area contributed by atoms with Gasteiger partial charge in [0.1, 0.15) is 0 Å². The first kappa shape index (κ1) is 15.8. The van der Waals surface area contributed by atoms with E-state index in [-0.39, 0.29) is 16.3 Å². The minimum Gasteiger partial charge on any atom is -0.478 e. The molecule has 22 heavy (non-hydrogen) atoms. The zero-order valence-electron chi connectivity index (χ0n) is 10.9. The second kappa shape index (κ2) is 6.48. The molecule has 2 rings (SSSR count). The fourth-order valence-corrected chi connectivity index (χ4v) is 1.82. The molecule has 0 amide bonds. The van der Waals surface area contributed by atoms with Gasteiger partial charge < -0.3 is 4.74 Å². The van der Waals surface area contributed by atoms with E-state index in [2.05, 4.69) is 0 Å². The maximum atomic E-state index is 13.0. The Bertz CT molecular complexity index is 752. The van der Waals surface area contributed by atoms with E-state index in [9.17, 15) is 23.7 Å². The minimum atomic E-state index is -1.16. The second-order valence-electron chi connectivity index (χ2n) is 4.21. The van der Waals surface area contributed by atoms with E-state index in [0.717, 1.165) is 24.3 Å². The summed E-state index contributed by atoms with van der Waals surface area (Å²) in [5.74, 6) is -3.04. The van der Waals surface area contributed by atoms with Crippen LogP contribution in [0.2, 0.25) is 5.02 Å². The number of ether oxygens (including phenoxy) is 1. The van der Waals surface area contributed by atoms with Gasteiger partial charge in [-0.2, -0.15) is 0 Å². The highest BCUT2D eigenvalue weighted by Crippen LogP contribution is 2.29. The highest BCUT2D eigenvalue weighted by Gasteiger charge is 2.17. The van der Waals surface area contributed by atoms with Crippen LogP contribution < -0.4 is 4.74 Å². The maximum Gasteiger partial charge on any atom is 0.312 e. The minimum absolute atomic E-state index is 0.101. The van der Waals surface area contributed by atoms with Gasteiger partial charge in [-0.3, -0.25) is 14.9 Å². The Kier molecular flexibility index (Phi) is 4.67. The van der Waals surface area contributed by atoms with Gasteiger partial charge in [0.2, 0.25) is 0 Å². The van der Waals surface area contributed by atoms with Gasteiger partial charge >= 0.3 is 5.69 Å². The average Bonchev–Trinajstić information content (AvgIpc) is 2.48. The molecule has 0 saturated carbocycles. The lowest BCUT2D eigenvalue weighted by Crippen LogP contribution is -2.12. The van der Waals surface area contributed by atoms with Crippen molar-refractivity contribution < 1.29 is 23.2 Å². The van der Waals surface area contributed by atoms with Crippen LogP contribution in [0.5, 0.6) is 5.75 Å². The van der Waals surface area contributed by atoms with Crippen molar-refractivity contribution in [2.45, 2.75) is 0 Å². The largest absolute Gasteiger partial charge is 0.478 e. The predicted molar refractivity (Wildman–Crippen MR) is 74.3 cm³/mol. The van der Waals surface area contributed by atoms with Crippen LogP contribution in [0.25, 0.3) is 0 Å². The van der Waals surface area contributed by atoms with E-state index in [4.69, 9.17) is 16.3 Å². The average molecular weight is 328 g/mol. The third-order valence-electron chi connectivity index (χ3n) is 2.72. The van der Waals surface area contributed by atoms with Crippen molar-refractivity contribution in [3.05, 3.63) is 68.7 Å². The van der Waals surface area contributed by atoms with Crippen molar-refractivity contribution in [1.82, 2.24) is 0 Å². The van der Waals surface area contributed by atoms with Crippen molar-refractivity contribution >= 4 is 23.1 Å². The van der Waals surface area contributed by atoms with Crippen molar-refractivity contribution in [3.8, 4) is 5.75 Å². The Labute approximate surface area is 128 Å². The molecule has 5 nitrogen and oxygen atoms in total. The number of carbonyl (C=O) groups excluding carboxylic acids is 1. The van der Waals surface area contributed by atoms with Gasteiger partial charge in [-0.05, 0) is 30.3 Å². The number of carbonyl (C=O) groups is 1. The molecule has 0 atom stereocenters. The molecule has 0 spiro atoms. The Morgan fingerprint density at radius 3 is 2.55 bits per heavy atom. The summed E-state index contributed by atoms with van der Waals surface area (Å²) in [7, 11) is 0. The van der Waals surface area contributed by atoms with Crippen LogP contribution >= 0.6 is 11.6 Å². The summed E-state index contributed by atoms with van der Waals surface area (Å²) in [6, 6.07) is 6.34. The summed E-state index contributed by atoms with van der Waals surface area (Å²) < 4.78 is 30.9. The molecule has 0 radical (unpaired) electrons. The third kappa shape index (κ3) is 3.56. The molecule has 8 heteroatoms. The number of ketones is 1. The fourth-order valence-electron chi connectivity index (χ4n) is 1.65. The lowest BCUT2D eigenvalue weighted by atomic mass is 10.1. The fraction of sp³-hybridized carbons (Fsp3) is 0.0714. The maximum absolute atomic E-state index is 13.0. The Hall–Kier alpha value is -2.54. The molecule has 0 bridgehead atoms. The number of benzene rings is 2. The molecule has 0 aromatic heterocycles. The smallest absolute Gasteiger partial charge is 0.312 e. The SMILES string of the molecule is O=C(COc1ccc(Cl)cc1[N+](=O)[O-])c1ccc(F)c(F)c1. The van der Waals surface area contributed by atoms with Gasteiger partial charge in [0, 0.05) is 16.7 Å². The molecular weight excluding hydrogens is 320 g/mol. The molecule has 114 valence electrons. The summed E-state index contributed by atoms with van der Waals surface area (Å²) >= 11 is 5.65. The summed E-state index contributed by atoms with van der Waals surface area (Å²) in [5.41, 5.74) is -0.499. The number of hydrogen-bond donors (Lipinski definition) is 0. The molecule has 2 aromatic carbocycles. The van der Waals surface area contributed by atoms with Crippen molar-refractivity contribution in [2.75, 3.05) is 6.61 Å². The highest BCUT2D eigenvalue weighted by atomic mass is 35.5. The first-order valence-electron chi connectivity index (χ1n) is 5.93. The molecule has 0 unspecified atom stereocenters. The third-order valence-corrected chi connectivity index (χ3v) is 2.95. The molecule has 0 aliphatic rings. The number of Topliss-reactive ketones (excluding diaryl/α,β-unsaturated/α-hetero) is 1. The first-order valence-corrected chi connectivity index (χ1v) is 6.31. The van der Waals surface area contributed by atoms with Crippen LogP contribution in [-0.4, -0.2) is 17.3 Å². The predicted octanol–water partition coefficient (Wildman–Crippen LogP) is 3.79. The van der Waals surface area contributed by atoms with Gasteiger partial charge in [-0.25, -0.2) is 8.78 Å². The Morgan fingerprint density at radius 2 is 1.91 bits per heavy atom. The van der Waals surface area contributed by atoms with E-state index >= 15 is 0 Å². The van der Waals surface area contributed by atoms with E-state index in [1.165, 1.54) is 12.1 Å². The van der Waals surface area contributed by atoms with Crippen molar-refractivity contribution in [2.24, 2.45) is 0 Å². The molecule has 0 aliphatic carbocycles. The zero-order valence-corrected chi connectivity index (χ0v) is 11.6. The number of hydrogen-bond acceptors (Lipinski definition) is 4. The summed E-state index contributed by atoms with van der Waals surface area (Å²) in [5, 5.41) is 11.0. The summed E-state index contributed by atoms with van der Waals surface area (Å²) in [6.07, 6.45) is 0. The van der Waals surface area contributed by atoms with E-state index in [0.29, 0.717) is 0 Å². The topological polar surface area (TPSA) is 69.4 Å². The monoisotopic (exact) mass is 327 g/mol. The number of nitrogens with zero attached hydrogens (tertiary/aromatic N) is 1. The van der Waals surface area contributed by atoms with Gasteiger partial charge in [0.15, 0.2) is 29.8 Å². The van der Waals surface area contributed by atoms with Crippen LogP contribution in [0.4, 0.5) is 14.5 Å². The molecule has 2 aromatic rings.